The Labute approximate surface area is 94.8 Å². The minimum atomic E-state index is -0.476. The minimum absolute atomic E-state index is 0.106. The highest BCUT2D eigenvalue weighted by Gasteiger charge is 2.10. The van der Waals surface area contributed by atoms with Crippen LogP contribution in [-0.4, -0.2) is 13.6 Å². The lowest BCUT2D eigenvalue weighted by Crippen LogP contribution is -2.23. The van der Waals surface area contributed by atoms with Crippen LogP contribution in [0.25, 0.3) is 0 Å². The zero-order valence-corrected chi connectivity index (χ0v) is 9.98. The van der Waals surface area contributed by atoms with Crippen molar-refractivity contribution in [2.45, 2.75) is 13.8 Å². The van der Waals surface area contributed by atoms with Crippen molar-refractivity contribution in [3.8, 4) is 0 Å². The SMILES string of the molecule is CC(C)CN(C)c1cc(Cl)c(F)cc1N. The summed E-state index contributed by atoms with van der Waals surface area (Å²) >= 11 is 5.71. The number of hydrogen-bond acceptors (Lipinski definition) is 2. The molecule has 0 fully saturated rings. The van der Waals surface area contributed by atoms with E-state index in [1.54, 1.807) is 6.07 Å². The number of benzene rings is 1. The maximum atomic E-state index is 13.1. The molecule has 0 atom stereocenters. The van der Waals surface area contributed by atoms with Gasteiger partial charge in [-0.15, -0.1) is 0 Å². The van der Waals surface area contributed by atoms with E-state index in [0.29, 0.717) is 11.6 Å². The second-order valence-corrected chi connectivity index (χ2v) is 4.51. The van der Waals surface area contributed by atoms with Gasteiger partial charge in [0.1, 0.15) is 5.82 Å². The van der Waals surface area contributed by atoms with Crippen molar-refractivity contribution >= 4 is 23.0 Å². The van der Waals surface area contributed by atoms with Crippen LogP contribution in [0.2, 0.25) is 5.02 Å². The Balaban J connectivity index is 2.98. The Morgan fingerprint density at radius 3 is 2.60 bits per heavy atom. The molecule has 0 bridgehead atoms. The molecule has 1 aromatic rings. The molecule has 0 amide bonds. The molecule has 0 unspecified atom stereocenters. The van der Waals surface area contributed by atoms with Crippen LogP contribution in [0.4, 0.5) is 15.8 Å². The number of nitrogens with zero attached hydrogens (tertiary/aromatic N) is 1. The summed E-state index contributed by atoms with van der Waals surface area (Å²) in [6.45, 7) is 5.07. The highest BCUT2D eigenvalue weighted by molar-refractivity contribution is 6.31. The van der Waals surface area contributed by atoms with Gasteiger partial charge in [-0.1, -0.05) is 25.4 Å². The molecule has 0 heterocycles. The smallest absolute Gasteiger partial charge is 0.143 e. The average molecular weight is 231 g/mol. The van der Waals surface area contributed by atoms with Crippen LogP contribution in [0.5, 0.6) is 0 Å². The van der Waals surface area contributed by atoms with Crippen LogP contribution in [0, 0.1) is 11.7 Å². The van der Waals surface area contributed by atoms with Crippen molar-refractivity contribution in [1.82, 2.24) is 0 Å². The van der Waals surface area contributed by atoms with Gasteiger partial charge in [0, 0.05) is 19.7 Å². The van der Waals surface area contributed by atoms with E-state index in [9.17, 15) is 4.39 Å². The molecule has 0 saturated carbocycles. The summed E-state index contributed by atoms with van der Waals surface area (Å²) in [6.07, 6.45) is 0. The molecule has 0 aliphatic heterocycles. The van der Waals surface area contributed by atoms with Crippen LogP contribution in [-0.2, 0) is 0 Å². The van der Waals surface area contributed by atoms with Crippen molar-refractivity contribution < 1.29 is 4.39 Å². The summed E-state index contributed by atoms with van der Waals surface area (Å²) in [5.74, 6) is 0.0362. The molecule has 0 saturated heterocycles. The number of halogens is 2. The van der Waals surface area contributed by atoms with Crippen LogP contribution in [0.1, 0.15) is 13.8 Å². The number of rotatable bonds is 3. The quantitative estimate of drug-likeness (QED) is 0.809. The van der Waals surface area contributed by atoms with Crippen LogP contribution in [0.3, 0.4) is 0 Å². The molecule has 1 rings (SSSR count). The molecule has 0 aliphatic rings. The van der Waals surface area contributed by atoms with Crippen LogP contribution >= 0.6 is 11.6 Å². The molecule has 0 radical (unpaired) electrons. The highest BCUT2D eigenvalue weighted by Crippen LogP contribution is 2.29. The van der Waals surface area contributed by atoms with Crippen LogP contribution < -0.4 is 10.6 Å². The van der Waals surface area contributed by atoms with Crippen molar-refractivity contribution in [2.24, 2.45) is 5.92 Å². The molecule has 84 valence electrons. The first-order chi connectivity index (χ1) is 6.91. The molecule has 2 nitrogen and oxygen atoms in total. The summed E-state index contributed by atoms with van der Waals surface area (Å²) < 4.78 is 13.1. The van der Waals surface area contributed by atoms with Gasteiger partial charge in [0.05, 0.1) is 16.4 Å². The van der Waals surface area contributed by atoms with Gasteiger partial charge in [-0.25, -0.2) is 4.39 Å². The first-order valence-electron chi connectivity index (χ1n) is 4.87. The fourth-order valence-corrected chi connectivity index (χ4v) is 1.69. The first-order valence-corrected chi connectivity index (χ1v) is 5.25. The van der Waals surface area contributed by atoms with Gasteiger partial charge in [0.25, 0.3) is 0 Å². The standard InChI is InChI=1S/C11H16ClFN2/c1-7(2)6-15(3)11-4-8(12)9(13)5-10(11)14/h4-5,7H,6,14H2,1-3H3. The maximum Gasteiger partial charge on any atom is 0.143 e. The van der Waals surface area contributed by atoms with Crippen molar-refractivity contribution in [1.29, 1.82) is 0 Å². The summed E-state index contributed by atoms with van der Waals surface area (Å²) in [4.78, 5) is 1.98. The van der Waals surface area contributed by atoms with Gasteiger partial charge in [-0.2, -0.15) is 0 Å². The summed E-state index contributed by atoms with van der Waals surface area (Å²) in [5.41, 5.74) is 6.92. The third-order valence-corrected chi connectivity index (χ3v) is 2.41. The Morgan fingerprint density at radius 1 is 1.47 bits per heavy atom. The number of anilines is 2. The Bertz CT molecular complexity index is 353. The normalized spacial score (nSPS) is 10.8. The van der Waals surface area contributed by atoms with E-state index in [-0.39, 0.29) is 5.02 Å². The molecule has 0 aliphatic carbocycles. The fraction of sp³-hybridized carbons (Fsp3) is 0.455. The maximum absolute atomic E-state index is 13.1. The predicted octanol–water partition coefficient (Wildman–Crippen LogP) is 3.15. The number of nitrogens with two attached hydrogens (primary N) is 1. The van der Waals surface area contributed by atoms with E-state index in [2.05, 4.69) is 13.8 Å². The largest absolute Gasteiger partial charge is 0.397 e. The fourth-order valence-electron chi connectivity index (χ4n) is 1.53. The van der Waals surface area contributed by atoms with E-state index in [4.69, 9.17) is 17.3 Å². The topological polar surface area (TPSA) is 29.3 Å². The second-order valence-electron chi connectivity index (χ2n) is 4.10. The molecule has 15 heavy (non-hydrogen) atoms. The minimum Gasteiger partial charge on any atom is -0.397 e. The predicted molar refractivity (Wildman–Crippen MR) is 63.9 cm³/mol. The summed E-state index contributed by atoms with van der Waals surface area (Å²) in [6, 6.07) is 2.82. The highest BCUT2D eigenvalue weighted by atomic mass is 35.5. The lowest BCUT2D eigenvalue weighted by Gasteiger charge is -2.23. The van der Waals surface area contributed by atoms with Gasteiger partial charge in [-0.3, -0.25) is 0 Å². The lowest BCUT2D eigenvalue weighted by atomic mass is 10.2. The Hall–Kier alpha value is -0.960. The third-order valence-electron chi connectivity index (χ3n) is 2.12. The molecular formula is C11H16ClFN2. The number of nitrogen functional groups attached to an aromatic ring is 1. The van der Waals surface area contributed by atoms with E-state index in [1.165, 1.54) is 6.07 Å². The number of hydrogen-bond donors (Lipinski definition) is 1. The van der Waals surface area contributed by atoms with Crippen molar-refractivity contribution in [2.75, 3.05) is 24.2 Å². The molecular weight excluding hydrogens is 215 g/mol. The average Bonchev–Trinajstić information content (AvgIpc) is 2.09. The van der Waals surface area contributed by atoms with Gasteiger partial charge < -0.3 is 10.6 Å². The van der Waals surface area contributed by atoms with Crippen molar-refractivity contribution in [3.63, 3.8) is 0 Å². The first kappa shape index (κ1) is 12.1. The zero-order chi connectivity index (χ0) is 11.6. The third kappa shape index (κ3) is 2.99. The van der Waals surface area contributed by atoms with Gasteiger partial charge in [0.2, 0.25) is 0 Å². The van der Waals surface area contributed by atoms with E-state index >= 15 is 0 Å². The van der Waals surface area contributed by atoms with E-state index in [0.717, 1.165) is 12.2 Å². The molecule has 0 spiro atoms. The Morgan fingerprint density at radius 2 is 2.07 bits per heavy atom. The lowest BCUT2D eigenvalue weighted by molar-refractivity contribution is 0.625. The van der Waals surface area contributed by atoms with Gasteiger partial charge >= 0.3 is 0 Å². The van der Waals surface area contributed by atoms with E-state index in [1.807, 2.05) is 11.9 Å². The molecule has 4 heteroatoms. The molecule has 1 aromatic carbocycles. The van der Waals surface area contributed by atoms with Gasteiger partial charge in [0.15, 0.2) is 0 Å². The summed E-state index contributed by atoms with van der Waals surface area (Å²) in [7, 11) is 1.92. The molecule has 2 N–H and O–H groups in total. The zero-order valence-electron chi connectivity index (χ0n) is 9.22. The Kier molecular flexibility index (Phi) is 3.80. The van der Waals surface area contributed by atoms with Crippen LogP contribution in [0.15, 0.2) is 12.1 Å². The summed E-state index contributed by atoms with van der Waals surface area (Å²) in [5, 5.41) is 0.106. The monoisotopic (exact) mass is 230 g/mol. The van der Waals surface area contributed by atoms with Crippen molar-refractivity contribution in [3.05, 3.63) is 23.0 Å². The van der Waals surface area contributed by atoms with Gasteiger partial charge in [-0.05, 0) is 12.0 Å². The van der Waals surface area contributed by atoms with E-state index < -0.39 is 5.82 Å². The second kappa shape index (κ2) is 4.71. The molecule has 0 aromatic heterocycles.